The molecule has 1 aromatic carbocycles. The van der Waals surface area contributed by atoms with Gasteiger partial charge in [0.05, 0.1) is 12.6 Å². The molecule has 0 bridgehead atoms. The zero-order valence-electron chi connectivity index (χ0n) is 16.8. The predicted octanol–water partition coefficient (Wildman–Crippen LogP) is 1.63. The SMILES string of the molecule is CCOC(=O)C(CCC(=O)c1ccccc1)N[C@@H](C)C(=O)N1CCC[C@H]1C(=O)O. The maximum atomic E-state index is 12.7. The molecule has 1 amide bonds. The molecular formula is C21H28N2O6. The lowest BCUT2D eigenvalue weighted by molar-refractivity contribution is -0.150. The second-order valence-corrected chi connectivity index (χ2v) is 7.05. The fourth-order valence-corrected chi connectivity index (χ4v) is 3.46. The maximum absolute atomic E-state index is 12.7. The van der Waals surface area contributed by atoms with Crippen molar-refractivity contribution in [2.24, 2.45) is 0 Å². The van der Waals surface area contributed by atoms with Crippen LogP contribution in [0.5, 0.6) is 0 Å². The van der Waals surface area contributed by atoms with E-state index in [1.807, 2.05) is 6.07 Å². The first kappa shape index (κ1) is 22.5. The summed E-state index contributed by atoms with van der Waals surface area (Å²) < 4.78 is 5.08. The van der Waals surface area contributed by atoms with E-state index in [4.69, 9.17) is 4.74 Å². The van der Waals surface area contributed by atoms with Crippen LogP contribution in [-0.4, -0.2) is 64.9 Å². The number of aliphatic carboxylic acids is 1. The number of carboxylic acid groups (broad SMARTS) is 1. The number of Topliss-reactive ketones (excluding diaryl/α,β-unsaturated/α-hetero) is 1. The van der Waals surface area contributed by atoms with Gasteiger partial charge in [0.15, 0.2) is 5.78 Å². The minimum atomic E-state index is -1.03. The molecule has 1 fully saturated rings. The van der Waals surface area contributed by atoms with E-state index in [9.17, 15) is 24.3 Å². The number of carboxylic acids is 1. The molecule has 158 valence electrons. The molecule has 1 heterocycles. The largest absolute Gasteiger partial charge is 0.480 e. The minimum Gasteiger partial charge on any atom is -0.480 e. The van der Waals surface area contributed by atoms with Crippen LogP contribution in [0.15, 0.2) is 30.3 Å². The van der Waals surface area contributed by atoms with E-state index < -0.39 is 30.1 Å². The van der Waals surface area contributed by atoms with Crippen molar-refractivity contribution in [1.82, 2.24) is 10.2 Å². The van der Waals surface area contributed by atoms with Gasteiger partial charge in [-0.25, -0.2) is 4.79 Å². The number of carbonyl (C=O) groups is 4. The van der Waals surface area contributed by atoms with Gasteiger partial charge in [0.1, 0.15) is 12.1 Å². The highest BCUT2D eigenvalue weighted by Gasteiger charge is 2.37. The Labute approximate surface area is 170 Å². The molecule has 0 saturated carbocycles. The van der Waals surface area contributed by atoms with Crippen LogP contribution in [0.25, 0.3) is 0 Å². The number of esters is 1. The molecule has 1 unspecified atom stereocenters. The van der Waals surface area contributed by atoms with Crippen LogP contribution in [0.3, 0.4) is 0 Å². The Morgan fingerprint density at radius 3 is 2.55 bits per heavy atom. The number of amides is 1. The van der Waals surface area contributed by atoms with Crippen LogP contribution in [0.4, 0.5) is 0 Å². The Morgan fingerprint density at radius 1 is 1.24 bits per heavy atom. The fraction of sp³-hybridized carbons (Fsp3) is 0.524. The van der Waals surface area contributed by atoms with Gasteiger partial charge in [-0.15, -0.1) is 0 Å². The van der Waals surface area contributed by atoms with Gasteiger partial charge in [-0.1, -0.05) is 30.3 Å². The Morgan fingerprint density at radius 2 is 1.93 bits per heavy atom. The highest BCUT2D eigenvalue weighted by Crippen LogP contribution is 2.19. The molecule has 29 heavy (non-hydrogen) atoms. The molecule has 0 spiro atoms. The topological polar surface area (TPSA) is 113 Å². The van der Waals surface area contributed by atoms with Gasteiger partial charge < -0.3 is 14.7 Å². The molecule has 8 heteroatoms. The summed E-state index contributed by atoms with van der Waals surface area (Å²) in [7, 11) is 0. The van der Waals surface area contributed by atoms with Crippen molar-refractivity contribution in [3.05, 3.63) is 35.9 Å². The van der Waals surface area contributed by atoms with Crippen LogP contribution >= 0.6 is 0 Å². The van der Waals surface area contributed by atoms with E-state index in [0.29, 0.717) is 24.9 Å². The van der Waals surface area contributed by atoms with Crippen molar-refractivity contribution in [3.63, 3.8) is 0 Å². The molecular weight excluding hydrogens is 376 g/mol. The van der Waals surface area contributed by atoms with Gasteiger partial charge >= 0.3 is 11.9 Å². The standard InChI is InChI=1S/C21H28N2O6/c1-3-29-21(28)16(11-12-18(24)15-8-5-4-6-9-15)22-14(2)19(25)23-13-7-10-17(23)20(26)27/h4-6,8-9,14,16-17,22H,3,7,10-13H2,1-2H3,(H,26,27)/t14-,16?,17-/m0/s1. The van der Waals surface area contributed by atoms with Crippen molar-refractivity contribution in [3.8, 4) is 0 Å². The summed E-state index contributed by atoms with van der Waals surface area (Å²) in [4.78, 5) is 50.1. The number of ketones is 1. The summed E-state index contributed by atoms with van der Waals surface area (Å²) in [6, 6.07) is 6.31. The summed E-state index contributed by atoms with van der Waals surface area (Å²) in [6.45, 7) is 3.82. The Balaban J connectivity index is 2.01. The molecule has 2 N–H and O–H groups in total. The van der Waals surface area contributed by atoms with Gasteiger partial charge in [-0.3, -0.25) is 19.7 Å². The summed E-state index contributed by atoms with van der Waals surface area (Å²) in [5.41, 5.74) is 0.556. The van der Waals surface area contributed by atoms with Gasteiger partial charge in [0.25, 0.3) is 0 Å². The smallest absolute Gasteiger partial charge is 0.326 e. The van der Waals surface area contributed by atoms with Crippen molar-refractivity contribution in [1.29, 1.82) is 0 Å². The molecule has 1 aliphatic rings. The number of likely N-dealkylation sites (tertiary alicyclic amines) is 1. The summed E-state index contributed by atoms with van der Waals surface area (Å²) in [5.74, 6) is -2.05. The Hall–Kier alpha value is -2.74. The zero-order valence-corrected chi connectivity index (χ0v) is 16.8. The van der Waals surface area contributed by atoms with E-state index >= 15 is 0 Å². The Kier molecular flexibility index (Phi) is 8.33. The minimum absolute atomic E-state index is 0.105. The summed E-state index contributed by atoms with van der Waals surface area (Å²) >= 11 is 0. The number of hydrogen-bond acceptors (Lipinski definition) is 6. The van der Waals surface area contributed by atoms with E-state index in [1.54, 1.807) is 38.1 Å². The molecule has 2 rings (SSSR count). The third-order valence-corrected chi connectivity index (χ3v) is 4.97. The second kappa shape index (κ2) is 10.7. The van der Waals surface area contributed by atoms with Crippen LogP contribution in [0.2, 0.25) is 0 Å². The molecule has 1 saturated heterocycles. The van der Waals surface area contributed by atoms with E-state index in [-0.39, 0.29) is 31.1 Å². The summed E-state index contributed by atoms with van der Waals surface area (Å²) in [5, 5.41) is 12.2. The van der Waals surface area contributed by atoms with Crippen LogP contribution in [0, 0.1) is 0 Å². The zero-order chi connectivity index (χ0) is 21.4. The number of carbonyl (C=O) groups excluding carboxylic acids is 3. The van der Waals surface area contributed by atoms with Crippen molar-refractivity contribution >= 4 is 23.6 Å². The third kappa shape index (κ3) is 6.12. The fourth-order valence-electron chi connectivity index (χ4n) is 3.46. The average molecular weight is 404 g/mol. The van der Waals surface area contributed by atoms with Gasteiger partial charge in [0, 0.05) is 18.5 Å². The summed E-state index contributed by atoms with van der Waals surface area (Å²) in [6.07, 6.45) is 1.33. The highest BCUT2D eigenvalue weighted by atomic mass is 16.5. The highest BCUT2D eigenvalue weighted by molar-refractivity contribution is 5.96. The van der Waals surface area contributed by atoms with Gasteiger partial charge in [0.2, 0.25) is 5.91 Å². The third-order valence-electron chi connectivity index (χ3n) is 4.97. The molecule has 3 atom stereocenters. The molecule has 0 aromatic heterocycles. The molecule has 1 aromatic rings. The molecule has 0 radical (unpaired) electrons. The van der Waals surface area contributed by atoms with E-state index in [0.717, 1.165) is 0 Å². The number of nitrogens with one attached hydrogen (secondary N) is 1. The number of benzene rings is 1. The first-order valence-electron chi connectivity index (χ1n) is 9.89. The lowest BCUT2D eigenvalue weighted by atomic mass is 10.0. The average Bonchev–Trinajstić information content (AvgIpc) is 3.21. The normalized spacial score (nSPS) is 18.1. The van der Waals surface area contributed by atoms with Crippen LogP contribution in [0.1, 0.15) is 49.9 Å². The molecule has 1 aliphatic heterocycles. The van der Waals surface area contributed by atoms with Gasteiger partial charge in [-0.05, 0) is 33.1 Å². The van der Waals surface area contributed by atoms with E-state index in [2.05, 4.69) is 5.32 Å². The number of ether oxygens (including phenoxy) is 1. The predicted molar refractivity (Wildman–Crippen MR) is 105 cm³/mol. The van der Waals surface area contributed by atoms with Crippen LogP contribution in [-0.2, 0) is 19.1 Å². The van der Waals surface area contributed by atoms with E-state index in [1.165, 1.54) is 4.90 Å². The van der Waals surface area contributed by atoms with Crippen molar-refractivity contribution in [2.45, 2.75) is 57.7 Å². The molecule has 0 aliphatic carbocycles. The van der Waals surface area contributed by atoms with Crippen molar-refractivity contribution in [2.75, 3.05) is 13.2 Å². The number of hydrogen-bond donors (Lipinski definition) is 2. The maximum Gasteiger partial charge on any atom is 0.326 e. The molecule has 8 nitrogen and oxygen atoms in total. The first-order chi connectivity index (χ1) is 13.8. The van der Waals surface area contributed by atoms with Crippen LogP contribution < -0.4 is 5.32 Å². The van der Waals surface area contributed by atoms with Gasteiger partial charge in [-0.2, -0.15) is 0 Å². The lowest BCUT2D eigenvalue weighted by Crippen LogP contribution is -2.53. The Bertz CT molecular complexity index is 736. The monoisotopic (exact) mass is 404 g/mol. The number of nitrogens with zero attached hydrogens (tertiary/aromatic N) is 1. The second-order valence-electron chi connectivity index (χ2n) is 7.05. The van der Waals surface area contributed by atoms with Crippen molar-refractivity contribution < 1.29 is 29.0 Å². The first-order valence-corrected chi connectivity index (χ1v) is 9.89. The quantitative estimate of drug-likeness (QED) is 0.450. The number of rotatable bonds is 10. The lowest BCUT2D eigenvalue weighted by Gasteiger charge is -2.27.